The van der Waals surface area contributed by atoms with Gasteiger partial charge in [0.25, 0.3) is 0 Å². The molecule has 0 spiro atoms. The number of hydrogen-bond donors (Lipinski definition) is 0. The third-order valence-corrected chi connectivity index (χ3v) is 10.5. The van der Waals surface area contributed by atoms with Crippen molar-refractivity contribution in [1.82, 2.24) is 0 Å². The van der Waals surface area contributed by atoms with Crippen LogP contribution in [0.2, 0.25) is 0 Å². The molecular weight excluding hydrogens is 757 g/mol. The molecule has 0 bridgehead atoms. The Kier molecular flexibility index (Phi) is 46.5. The fourth-order valence-corrected chi connectivity index (χ4v) is 6.75. The van der Waals surface area contributed by atoms with Crippen LogP contribution in [0.1, 0.15) is 226 Å². The van der Waals surface area contributed by atoms with Crippen molar-refractivity contribution in [3.8, 4) is 0 Å². The average Bonchev–Trinajstić information content (AvgIpc) is 3.26. The molecule has 0 aliphatic rings. The summed E-state index contributed by atoms with van der Waals surface area (Å²) in [6.45, 7) is 6.40. The maximum absolute atomic E-state index is 12.7. The molecule has 6 nitrogen and oxygen atoms in total. The highest BCUT2D eigenvalue weighted by molar-refractivity contribution is 5.71. The average molecular weight is 849 g/mol. The Bertz CT molecular complexity index is 1200. The van der Waals surface area contributed by atoms with Gasteiger partial charge in [-0.25, -0.2) is 0 Å². The van der Waals surface area contributed by atoms with Gasteiger partial charge in [0, 0.05) is 19.3 Å². The van der Waals surface area contributed by atoms with Crippen LogP contribution in [0.3, 0.4) is 0 Å². The van der Waals surface area contributed by atoms with Gasteiger partial charge in [0.2, 0.25) is 0 Å². The van der Waals surface area contributed by atoms with E-state index in [-0.39, 0.29) is 37.5 Å². The number of unbranched alkanes of at least 4 members (excludes halogenated alkanes) is 24. The van der Waals surface area contributed by atoms with Crippen LogP contribution < -0.4 is 0 Å². The van der Waals surface area contributed by atoms with Crippen LogP contribution in [0, 0.1) is 0 Å². The van der Waals surface area contributed by atoms with Crippen molar-refractivity contribution in [2.24, 2.45) is 0 Å². The molecule has 0 heterocycles. The molecule has 0 aliphatic carbocycles. The molecule has 0 aliphatic heterocycles. The van der Waals surface area contributed by atoms with Crippen LogP contribution in [-0.2, 0) is 28.6 Å². The van der Waals surface area contributed by atoms with E-state index in [0.29, 0.717) is 19.3 Å². The topological polar surface area (TPSA) is 78.9 Å². The number of carbonyl (C=O) groups is 3. The standard InChI is InChI=1S/C55H92O6/c1-4-7-10-13-16-19-21-23-25-26-27-28-30-31-33-36-39-42-45-48-54(57)60-51-52(50-59-53(56)47-44-41-38-35-18-15-12-9-6-3)61-55(58)49-46-43-40-37-34-32-29-24-22-20-17-14-11-8-5-2/h8,11,14,16-17,19-24,29,32,34,52H,4-7,9-10,12-13,15,18,25-28,30-31,33,35-51H2,1-3H3/b11-8-,17-14-,19-16-,22-20-,23-21-,29-24-,34-32-. The molecule has 0 amide bonds. The number of carbonyl (C=O) groups excluding carboxylic acids is 3. The lowest BCUT2D eigenvalue weighted by molar-refractivity contribution is -0.167. The Hall–Kier alpha value is -3.41. The second-order valence-corrected chi connectivity index (χ2v) is 16.5. The Morgan fingerprint density at radius 1 is 0.344 bits per heavy atom. The molecule has 0 aromatic heterocycles. The SMILES string of the molecule is CC\C=C/C=C\C=C/C=C\C=C/CCCCCC(=O)OC(COC(=O)CCCCCCCCCCC)COC(=O)CCCCCCCCCCCC/C=C\C=C/CCCCC. The summed E-state index contributed by atoms with van der Waals surface area (Å²) in [6, 6.07) is 0. The van der Waals surface area contributed by atoms with Crippen molar-refractivity contribution in [1.29, 1.82) is 0 Å². The van der Waals surface area contributed by atoms with Gasteiger partial charge in [-0.15, -0.1) is 0 Å². The molecule has 0 fully saturated rings. The zero-order valence-electron chi connectivity index (χ0n) is 39.7. The summed E-state index contributed by atoms with van der Waals surface area (Å²) >= 11 is 0. The molecule has 0 aromatic rings. The third kappa shape index (κ3) is 47.5. The number of hydrogen-bond acceptors (Lipinski definition) is 6. The van der Waals surface area contributed by atoms with Gasteiger partial charge in [-0.1, -0.05) is 228 Å². The fraction of sp³-hybridized carbons (Fsp3) is 0.691. The summed E-state index contributed by atoms with van der Waals surface area (Å²) in [5, 5.41) is 0. The molecular formula is C55H92O6. The number of esters is 3. The van der Waals surface area contributed by atoms with Crippen LogP contribution in [0.5, 0.6) is 0 Å². The highest BCUT2D eigenvalue weighted by atomic mass is 16.6. The van der Waals surface area contributed by atoms with Crippen LogP contribution in [0.25, 0.3) is 0 Å². The van der Waals surface area contributed by atoms with Crippen LogP contribution >= 0.6 is 0 Å². The summed E-state index contributed by atoms with van der Waals surface area (Å²) in [4.78, 5) is 37.8. The van der Waals surface area contributed by atoms with Crippen molar-refractivity contribution in [3.63, 3.8) is 0 Å². The van der Waals surface area contributed by atoms with Gasteiger partial charge in [0.15, 0.2) is 6.10 Å². The fourth-order valence-electron chi connectivity index (χ4n) is 6.75. The van der Waals surface area contributed by atoms with E-state index in [1.165, 1.54) is 116 Å². The van der Waals surface area contributed by atoms with E-state index in [9.17, 15) is 14.4 Å². The molecule has 1 unspecified atom stereocenters. The third-order valence-electron chi connectivity index (χ3n) is 10.5. The number of ether oxygens (including phenoxy) is 3. The molecule has 0 aromatic carbocycles. The summed E-state index contributed by atoms with van der Waals surface area (Å²) in [5.74, 6) is -0.944. The van der Waals surface area contributed by atoms with Gasteiger partial charge in [-0.2, -0.15) is 0 Å². The van der Waals surface area contributed by atoms with E-state index in [1.807, 2.05) is 48.6 Å². The van der Waals surface area contributed by atoms with Crippen molar-refractivity contribution in [2.75, 3.05) is 13.2 Å². The largest absolute Gasteiger partial charge is 0.462 e. The molecule has 0 saturated heterocycles. The summed E-state index contributed by atoms with van der Waals surface area (Å²) in [7, 11) is 0. The lowest BCUT2D eigenvalue weighted by atomic mass is 10.1. The van der Waals surface area contributed by atoms with Gasteiger partial charge in [-0.3, -0.25) is 14.4 Å². The minimum Gasteiger partial charge on any atom is -0.462 e. The van der Waals surface area contributed by atoms with Crippen LogP contribution in [0.15, 0.2) is 85.1 Å². The van der Waals surface area contributed by atoms with Crippen LogP contribution in [0.4, 0.5) is 0 Å². The van der Waals surface area contributed by atoms with E-state index in [2.05, 4.69) is 57.2 Å². The van der Waals surface area contributed by atoms with E-state index >= 15 is 0 Å². The van der Waals surface area contributed by atoms with Gasteiger partial charge in [0.1, 0.15) is 13.2 Å². The van der Waals surface area contributed by atoms with Crippen LogP contribution in [-0.4, -0.2) is 37.2 Å². The Labute approximate surface area is 375 Å². The monoisotopic (exact) mass is 849 g/mol. The molecule has 0 saturated carbocycles. The Morgan fingerprint density at radius 2 is 0.639 bits per heavy atom. The van der Waals surface area contributed by atoms with Crippen molar-refractivity contribution >= 4 is 17.9 Å². The molecule has 0 radical (unpaired) electrons. The smallest absolute Gasteiger partial charge is 0.306 e. The first kappa shape index (κ1) is 57.6. The van der Waals surface area contributed by atoms with E-state index in [1.54, 1.807) is 0 Å². The predicted octanol–water partition coefficient (Wildman–Crippen LogP) is 16.4. The first-order chi connectivity index (χ1) is 30.0. The Balaban J connectivity index is 4.39. The summed E-state index contributed by atoms with van der Waals surface area (Å²) in [5.41, 5.74) is 0. The number of rotatable bonds is 44. The van der Waals surface area contributed by atoms with Gasteiger partial charge < -0.3 is 14.2 Å². The number of allylic oxidation sites excluding steroid dienone is 14. The van der Waals surface area contributed by atoms with Gasteiger partial charge in [0.05, 0.1) is 0 Å². The van der Waals surface area contributed by atoms with E-state index in [0.717, 1.165) is 64.2 Å². The highest BCUT2D eigenvalue weighted by Gasteiger charge is 2.19. The highest BCUT2D eigenvalue weighted by Crippen LogP contribution is 2.14. The zero-order chi connectivity index (χ0) is 44.4. The predicted molar refractivity (Wildman–Crippen MR) is 261 cm³/mol. The lowest BCUT2D eigenvalue weighted by Gasteiger charge is -2.18. The van der Waals surface area contributed by atoms with E-state index in [4.69, 9.17) is 14.2 Å². The normalized spacial score (nSPS) is 12.8. The minimum atomic E-state index is -0.797. The van der Waals surface area contributed by atoms with Crippen molar-refractivity contribution < 1.29 is 28.6 Å². The van der Waals surface area contributed by atoms with E-state index < -0.39 is 6.10 Å². The second kappa shape index (κ2) is 49.2. The van der Waals surface area contributed by atoms with Crippen molar-refractivity contribution in [2.45, 2.75) is 232 Å². The summed E-state index contributed by atoms with van der Waals surface area (Å²) in [6.07, 6.45) is 62.8. The zero-order valence-corrected chi connectivity index (χ0v) is 39.7. The van der Waals surface area contributed by atoms with Crippen molar-refractivity contribution in [3.05, 3.63) is 85.1 Å². The minimum absolute atomic E-state index is 0.0944. The molecule has 1 atom stereocenters. The second-order valence-electron chi connectivity index (χ2n) is 16.5. The first-order valence-electron chi connectivity index (χ1n) is 25.2. The summed E-state index contributed by atoms with van der Waals surface area (Å²) < 4.78 is 16.7. The first-order valence-corrected chi connectivity index (χ1v) is 25.2. The molecule has 0 rings (SSSR count). The van der Waals surface area contributed by atoms with Gasteiger partial charge in [-0.05, 0) is 64.2 Å². The molecule has 348 valence electrons. The lowest BCUT2D eigenvalue weighted by Crippen LogP contribution is -2.30. The van der Waals surface area contributed by atoms with Gasteiger partial charge >= 0.3 is 17.9 Å². The Morgan fingerprint density at radius 3 is 1.07 bits per heavy atom. The maximum Gasteiger partial charge on any atom is 0.306 e. The molecule has 61 heavy (non-hydrogen) atoms. The molecule has 6 heteroatoms. The molecule has 0 N–H and O–H groups in total. The maximum atomic E-state index is 12.7. The quantitative estimate of drug-likeness (QED) is 0.0263.